The molecule has 7 heteroatoms. The molecular formula is C21H29N3O4. The lowest BCUT2D eigenvalue weighted by Crippen LogP contribution is -2.46. The molecule has 2 atom stereocenters. The molecule has 28 heavy (non-hydrogen) atoms. The number of benzene rings is 1. The first kappa shape index (κ1) is 19.1. The molecule has 152 valence electrons. The van der Waals surface area contributed by atoms with Gasteiger partial charge in [-0.05, 0) is 56.3 Å². The number of carbonyl (C=O) groups excluding carboxylic acids is 2. The van der Waals surface area contributed by atoms with Gasteiger partial charge in [0.15, 0.2) is 11.5 Å². The lowest BCUT2D eigenvalue weighted by molar-refractivity contribution is -0.123. The van der Waals surface area contributed by atoms with Crippen LogP contribution >= 0.6 is 0 Å². The van der Waals surface area contributed by atoms with E-state index in [-0.39, 0.29) is 17.9 Å². The van der Waals surface area contributed by atoms with Gasteiger partial charge in [-0.2, -0.15) is 0 Å². The van der Waals surface area contributed by atoms with Crippen LogP contribution in [-0.4, -0.2) is 62.1 Å². The van der Waals surface area contributed by atoms with Gasteiger partial charge in [-0.15, -0.1) is 0 Å². The zero-order valence-corrected chi connectivity index (χ0v) is 16.2. The van der Waals surface area contributed by atoms with Crippen LogP contribution in [0, 0.1) is 5.92 Å². The Morgan fingerprint density at radius 2 is 1.96 bits per heavy atom. The van der Waals surface area contributed by atoms with Gasteiger partial charge in [-0.3, -0.25) is 9.59 Å². The first-order chi connectivity index (χ1) is 13.7. The van der Waals surface area contributed by atoms with Crippen molar-refractivity contribution in [2.75, 3.05) is 39.4 Å². The SMILES string of the molecule is O=C(NCC1CCCN(C(=O)c2ccc3c(c2)OCCCO3)C1)C1CCCN1. The Morgan fingerprint density at radius 1 is 1.11 bits per heavy atom. The zero-order chi connectivity index (χ0) is 19.3. The van der Waals surface area contributed by atoms with Gasteiger partial charge in [0.1, 0.15) is 0 Å². The number of hydrogen-bond acceptors (Lipinski definition) is 5. The second kappa shape index (κ2) is 8.82. The number of amides is 2. The third-order valence-electron chi connectivity index (χ3n) is 5.74. The maximum atomic E-state index is 13.0. The predicted octanol–water partition coefficient (Wildman–Crippen LogP) is 1.57. The molecule has 2 saturated heterocycles. The summed E-state index contributed by atoms with van der Waals surface area (Å²) in [6.07, 6.45) is 4.79. The van der Waals surface area contributed by atoms with Gasteiger partial charge < -0.3 is 25.0 Å². The highest BCUT2D eigenvalue weighted by atomic mass is 16.5. The van der Waals surface area contributed by atoms with E-state index < -0.39 is 0 Å². The number of carbonyl (C=O) groups is 2. The minimum absolute atomic E-state index is 0.0177. The number of likely N-dealkylation sites (tertiary alicyclic amines) is 1. The Hall–Kier alpha value is -2.28. The average Bonchev–Trinajstić information content (AvgIpc) is 3.17. The van der Waals surface area contributed by atoms with Crippen molar-refractivity contribution in [2.45, 2.75) is 38.1 Å². The Morgan fingerprint density at radius 3 is 2.79 bits per heavy atom. The lowest BCUT2D eigenvalue weighted by atomic mass is 9.97. The first-order valence-electron chi connectivity index (χ1n) is 10.4. The van der Waals surface area contributed by atoms with E-state index in [1.807, 2.05) is 17.0 Å². The summed E-state index contributed by atoms with van der Waals surface area (Å²) in [7, 11) is 0. The number of ether oxygens (including phenoxy) is 2. The minimum Gasteiger partial charge on any atom is -0.490 e. The van der Waals surface area contributed by atoms with Crippen LogP contribution in [-0.2, 0) is 4.79 Å². The van der Waals surface area contributed by atoms with E-state index in [2.05, 4.69) is 10.6 Å². The standard InChI is InChI=1S/C21H29N3O4/c25-20(17-5-1-8-22-17)23-13-15-4-2-9-24(14-15)21(26)16-6-7-18-19(12-16)28-11-3-10-27-18/h6-7,12,15,17,22H,1-5,8-11,13-14H2,(H,23,25). The average molecular weight is 387 g/mol. The molecule has 3 aliphatic heterocycles. The van der Waals surface area contributed by atoms with Crippen LogP contribution in [0.2, 0.25) is 0 Å². The Balaban J connectivity index is 1.34. The van der Waals surface area contributed by atoms with Crippen LogP contribution in [0.4, 0.5) is 0 Å². The van der Waals surface area contributed by atoms with E-state index >= 15 is 0 Å². The van der Waals surface area contributed by atoms with Crippen molar-refractivity contribution in [3.05, 3.63) is 23.8 Å². The van der Waals surface area contributed by atoms with E-state index in [1.54, 1.807) is 6.07 Å². The minimum atomic E-state index is -0.0527. The lowest BCUT2D eigenvalue weighted by Gasteiger charge is -2.33. The topological polar surface area (TPSA) is 79.9 Å². The quantitative estimate of drug-likeness (QED) is 0.820. The van der Waals surface area contributed by atoms with E-state index in [1.165, 1.54) is 0 Å². The van der Waals surface area contributed by atoms with Gasteiger partial charge in [0.25, 0.3) is 5.91 Å². The van der Waals surface area contributed by atoms with Crippen LogP contribution in [0.3, 0.4) is 0 Å². The molecule has 4 rings (SSSR count). The summed E-state index contributed by atoms with van der Waals surface area (Å²) in [6.45, 7) is 4.21. The fraction of sp³-hybridized carbons (Fsp3) is 0.619. The zero-order valence-electron chi connectivity index (χ0n) is 16.2. The molecule has 3 aliphatic rings. The monoisotopic (exact) mass is 387 g/mol. The molecule has 2 N–H and O–H groups in total. The molecule has 2 fully saturated rings. The number of nitrogens with zero attached hydrogens (tertiary/aromatic N) is 1. The van der Waals surface area contributed by atoms with Crippen LogP contribution in [0.5, 0.6) is 11.5 Å². The van der Waals surface area contributed by atoms with Crippen molar-refractivity contribution in [1.82, 2.24) is 15.5 Å². The van der Waals surface area contributed by atoms with E-state index in [4.69, 9.17) is 9.47 Å². The predicted molar refractivity (Wildman–Crippen MR) is 105 cm³/mol. The third-order valence-corrected chi connectivity index (χ3v) is 5.74. The number of nitrogens with one attached hydrogen (secondary N) is 2. The summed E-state index contributed by atoms with van der Waals surface area (Å²) in [5.41, 5.74) is 0.629. The van der Waals surface area contributed by atoms with Gasteiger partial charge in [0.05, 0.1) is 19.3 Å². The maximum absolute atomic E-state index is 13.0. The number of fused-ring (bicyclic) bond motifs is 1. The maximum Gasteiger partial charge on any atom is 0.254 e. The van der Waals surface area contributed by atoms with Gasteiger partial charge in [0.2, 0.25) is 5.91 Å². The van der Waals surface area contributed by atoms with E-state index in [9.17, 15) is 9.59 Å². The molecule has 1 aromatic rings. The van der Waals surface area contributed by atoms with Crippen molar-refractivity contribution in [2.24, 2.45) is 5.92 Å². The molecule has 1 aromatic carbocycles. The van der Waals surface area contributed by atoms with Crippen molar-refractivity contribution < 1.29 is 19.1 Å². The highest BCUT2D eigenvalue weighted by Gasteiger charge is 2.27. The summed E-state index contributed by atoms with van der Waals surface area (Å²) < 4.78 is 11.4. The molecule has 7 nitrogen and oxygen atoms in total. The van der Waals surface area contributed by atoms with Gasteiger partial charge >= 0.3 is 0 Å². The van der Waals surface area contributed by atoms with Crippen molar-refractivity contribution in [3.8, 4) is 11.5 Å². The molecule has 0 aliphatic carbocycles. The largest absolute Gasteiger partial charge is 0.490 e. The summed E-state index contributed by atoms with van der Waals surface area (Å²) in [6, 6.07) is 5.38. The second-order valence-corrected chi connectivity index (χ2v) is 7.87. The molecule has 0 aromatic heterocycles. The second-order valence-electron chi connectivity index (χ2n) is 7.87. The summed E-state index contributed by atoms with van der Waals surface area (Å²) in [5.74, 6) is 1.75. The van der Waals surface area contributed by atoms with Crippen LogP contribution in [0.1, 0.15) is 42.5 Å². The van der Waals surface area contributed by atoms with Crippen LogP contribution in [0.15, 0.2) is 18.2 Å². The molecule has 0 spiro atoms. The van der Waals surface area contributed by atoms with Gasteiger partial charge in [-0.25, -0.2) is 0 Å². The number of hydrogen-bond donors (Lipinski definition) is 2. The van der Waals surface area contributed by atoms with Crippen LogP contribution < -0.4 is 20.1 Å². The Bertz CT molecular complexity index is 718. The summed E-state index contributed by atoms with van der Waals surface area (Å²) in [5, 5.41) is 6.29. The van der Waals surface area contributed by atoms with Gasteiger partial charge in [0, 0.05) is 31.6 Å². The molecular weight excluding hydrogens is 358 g/mol. The Kier molecular flexibility index (Phi) is 6.00. The van der Waals surface area contributed by atoms with Crippen molar-refractivity contribution in [3.63, 3.8) is 0 Å². The van der Waals surface area contributed by atoms with Crippen LogP contribution in [0.25, 0.3) is 0 Å². The molecule has 0 radical (unpaired) electrons. The number of rotatable bonds is 4. The van der Waals surface area contributed by atoms with Gasteiger partial charge in [-0.1, -0.05) is 0 Å². The van der Waals surface area contributed by atoms with E-state index in [0.29, 0.717) is 49.3 Å². The van der Waals surface area contributed by atoms with Crippen molar-refractivity contribution >= 4 is 11.8 Å². The normalized spacial score (nSPS) is 24.5. The highest BCUT2D eigenvalue weighted by Crippen LogP contribution is 2.31. The fourth-order valence-electron chi connectivity index (χ4n) is 4.17. The molecule has 0 bridgehead atoms. The third kappa shape index (κ3) is 4.41. The van der Waals surface area contributed by atoms with Crippen molar-refractivity contribution in [1.29, 1.82) is 0 Å². The molecule has 3 heterocycles. The molecule has 2 amide bonds. The molecule has 0 saturated carbocycles. The first-order valence-corrected chi connectivity index (χ1v) is 10.4. The summed E-state index contributed by atoms with van der Waals surface area (Å²) >= 11 is 0. The smallest absolute Gasteiger partial charge is 0.254 e. The number of piperidine rings is 1. The fourth-order valence-corrected chi connectivity index (χ4v) is 4.17. The van der Waals surface area contributed by atoms with E-state index in [0.717, 1.165) is 45.2 Å². The highest BCUT2D eigenvalue weighted by molar-refractivity contribution is 5.95. The summed E-state index contributed by atoms with van der Waals surface area (Å²) in [4.78, 5) is 27.1. The Labute approximate surface area is 165 Å². The molecule has 2 unspecified atom stereocenters.